The fourth-order valence-electron chi connectivity index (χ4n) is 4.60. The average molecular weight is 416 g/mol. The molecule has 3 fully saturated rings. The van der Waals surface area contributed by atoms with Gasteiger partial charge in [0.25, 0.3) is 0 Å². The van der Waals surface area contributed by atoms with Crippen molar-refractivity contribution in [1.82, 2.24) is 24.5 Å². The van der Waals surface area contributed by atoms with Crippen molar-refractivity contribution >= 4 is 23.4 Å². The number of benzene rings is 1. The number of fused-ring (bicyclic) bond motifs is 2. The van der Waals surface area contributed by atoms with Crippen molar-refractivity contribution in [2.24, 2.45) is 0 Å². The fourth-order valence-corrected chi connectivity index (χ4v) is 4.82. The summed E-state index contributed by atoms with van der Waals surface area (Å²) in [4.78, 5) is 31.1. The van der Waals surface area contributed by atoms with Crippen LogP contribution in [0.3, 0.4) is 0 Å². The lowest BCUT2D eigenvalue weighted by atomic mass is 10.0. The molecule has 152 valence electrons. The minimum absolute atomic E-state index is 0.0302. The third-order valence-electron chi connectivity index (χ3n) is 6.02. The Bertz CT molecular complexity index is 963. The number of para-hydroxylation sites is 1. The standard InChI is InChI=1S/C20H22ClN5O3/c21-15-3-1-2-4-16(15)26-10-13(8-22-26)9-23-5-6-24-18(12-23)20(29)25-11-14(27)7-17(25)19(24)28/h1-4,8,10,14,17-18,27H,5-7,9,11-12H2/t14-,17+,18-/m1/s1. The zero-order valence-electron chi connectivity index (χ0n) is 15.8. The van der Waals surface area contributed by atoms with E-state index in [4.69, 9.17) is 11.6 Å². The van der Waals surface area contributed by atoms with Crippen LogP contribution in [0, 0.1) is 0 Å². The van der Waals surface area contributed by atoms with E-state index in [-0.39, 0.29) is 18.4 Å². The van der Waals surface area contributed by atoms with E-state index in [0.717, 1.165) is 11.3 Å². The van der Waals surface area contributed by atoms with Crippen molar-refractivity contribution in [3.63, 3.8) is 0 Å². The van der Waals surface area contributed by atoms with E-state index in [2.05, 4.69) is 10.00 Å². The van der Waals surface area contributed by atoms with Gasteiger partial charge in [0.1, 0.15) is 12.1 Å². The topological polar surface area (TPSA) is 81.9 Å². The molecule has 0 spiro atoms. The lowest BCUT2D eigenvalue weighted by molar-refractivity contribution is -0.163. The molecule has 3 atom stereocenters. The molecular weight excluding hydrogens is 394 g/mol. The van der Waals surface area contributed by atoms with Gasteiger partial charge in [-0.3, -0.25) is 14.5 Å². The summed E-state index contributed by atoms with van der Waals surface area (Å²) in [7, 11) is 0. The Labute approximate surface area is 173 Å². The van der Waals surface area contributed by atoms with E-state index >= 15 is 0 Å². The Morgan fingerprint density at radius 1 is 1.07 bits per heavy atom. The van der Waals surface area contributed by atoms with Gasteiger partial charge in [-0.05, 0) is 12.1 Å². The van der Waals surface area contributed by atoms with Crippen LogP contribution in [0.4, 0.5) is 0 Å². The second-order valence-corrected chi connectivity index (χ2v) is 8.33. The number of hydrogen-bond acceptors (Lipinski definition) is 5. The second-order valence-electron chi connectivity index (χ2n) is 7.92. The van der Waals surface area contributed by atoms with Crippen molar-refractivity contribution < 1.29 is 14.7 Å². The number of aliphatic hydroxyl groups excluding tert-OH is 1. The zero-order chi connectivity index (χ0) is 20.1. The number of amides is 2. The highest BCUT2D eigenvalue weighted by Crippen LogP contribution is 2.29. The molecule has 1 aromatic carbocycles. The Balaban J connectivity index is 1.30. The van der Waals surface area contributed by atoms with Crippen LogP contribution in [0.25, 0.3) is 5.69 Å². The zero-order valence-corrected chi connectivity index (χ0v) is 16.6. The molecule has 0 saturated carbocycles. The number of aromatic nitrogens is 2. The molecule has 2 amide bonds. The highest BCUT2D eigenvalue weighted by Gasteiger charge is 2.51. The van der Waals surface area contributed by atoms with Crippen LogP contribution in [0.15, 0.2) is 36.7 Å². The number of carbonyl (C=O) groups is 2. The number of piperazine rings is 2. The molecule has 3 saturated heterocycles. The smallest absolute Gasteiger partial charge is 0.247 e. The van der Waals surface area contributed by atoms with Gasteiger partial charge in [-0.15, -0.1) is 0 Å². The average Bonchev–Trinajstić information content (AvgIpc) is 3.33. The number of aliphatic hydroxyl groups is 1. The lowest BCUT2D eigenvalue weighted by Gasteiger charge is -2.47. The SMILES string of the molecule is O=C1[C@@H]2C[C@@H](O)CN2C(=O)[C@H]2CN(Cc3cnn(-c4ccccc4Cl)c3)CCN12. The van der Waals surface area contributed by atoms with Gasteiger partial charge in [-0.25, -0.2) is 4.68 Å². The van der Waals surface area contributed by atoms with Crippen LogP contribution in [-0.4, -0.2) is 85.8 Å². The maximum Gasteiger partial charge on any atom is 0.247 e. The Kier molecular flexibility index (Phi) is 4.57. The monoisotopic (exact) mass is 415 g/mol. The van der Waals surface area contributed by atoms with E-state index in [1.165, 1.54) is 0 Å². The minimum Gasteiger partial charge on any atom is -0.391 e. The first-order valence-electron chi connectivity index (χ1n) is 9.81. The van der Waals surface area contributed by atoms with Crippen LogP contribution in [-0.2, 0) is 16.1 Å². The van der Waals surface area contributed by atoms with Crippen LogP contribution in [0.1, 0.15) is 12.0 Å². The van der Waals surface area contributed by atoms with Gasteiger partial charge in [-0.1, -0.05) is 23.7 Å². The predicted molar refractivity (Wildman–Crippen MR) is 105 cm³/mol. The Hall–Kier alpha value is -2.42. The molecule has 1 N–H and O–H groups in total. The summed E-state index contributed by atoms with van der Waals surface area (Å²) >= 11 is 6.25. The third kappa shape index (κ3) is 3.21. The molecule has 8 nitrogen and oxygen atoms in total. The molecule has 3 aliphatic rings. The molecule has 0 aliphatic carbocycles. The van der Waals surface area contributed by atoms with Gasteiger partial charge in [0, 0.05) is 50.9 Å². The highest BCUT2D eigenvalue weighted by molar-refractivity contribution is 6.32. The first-order chi connectivity index (χ1) is 14.0. The van der Waals surface area contributed by atoms with E-state index in [1.807, 2.05) is 30.5 Å². The summed E-state index contributed by atoms with van der Waals surface area (Å²) < 4.78 is 1.75. The van der Waals surface area contributed by atoms with E-state index in [0.29, 0.717) is 37.6 Å². The molecule has 4 heterocycles. The molecule has 29 heavy (non-hydrogen) atoms. The summed E-state index contributed by atoms with van der Waals surface area (Å²) in [6, 6.07) is 6.56. The maximum atomic E-state index is 12.9. The fraction of sp³-hybridized carbons (Fsp3) is 0.450. The number of hydrogen-bond donors (Lipinski definition) is 1. The molecule has 0 radical (unpaired) electrons. The second kappa shape index (κ2) is 7.12. The summed E-state index contributed by atoms with van der Waals surface area (Å²) in [5.41, 5.74) is 1.83. The number of rotatable bonds is 3. The highest BCUT2D eigenvalue weighted by atomic mass is 35.5. The normalized spacial score (nSPS) is 27.3. The van der Waals surface area contributed by atoms with Crippen molar-refractivity contribution in [1.29, 1.82) is 0 Å². The van der Waals surface area contributed by atoms with E-state index in [9.17, 15) is 14.7 Å². The van der Waals surface area contributed by atoms with Crippen LogP contribution in [0.5, 0.6) is 0 Å². The van der Waals surface area contributed by atoms with Crippen molar-refractivity contribution in [3.05, 3.63) is 47.2 Å². The van der Waals surface area contributed by atoms with Crippen molar-refractivity contribution in [2.75, 3.05) is 26.2 Å². The van der Waals surface area contributed by atoms with Crippen molar-refractivity contribution in [3.8, 4) is 5.69 Å². The van der Waals surface area contributed by atoms with Gasteiger partial charge in [-0.2, -0.15) is 5.10 Å². The van der Waals surface area contributed by atoms with Crippen LogP contribution in [0.2, 0.25) is 5.02 Å². The summed E-state index contributed by atoms with van der Waals surface area (Å²) in [5.74, 6) is -0.0834. The molecule has 9 heteroatoms. The van der Waals surface area contributed by atoms with E-state index in [1.54, 1.807) is 20.7 Å². The predicted octanol–water partition coefficient (Wildman–Crippen LogP) is 0.514. The maximum absolute atomic E-state index is 12.9. The lowest BCUT2D eigenvalue weighted by Crippen LogP contribution is -2.68. The minimum atomic E-state index is -0.610. The number of halogens is 1. The first-order valence-corrected chi connectivity index (χ1v) is 10.2. The molecule has 5 rings (SSSR count). The molecule has 1 aromatic heterocycles. The number of carbonyl (C=O) groups excluding carboxylic acids is 2. The largest absolute Gasteiger partial charge is 0.391 e. The van der Waals surface area contributed by atoms with Crippen LogP contribution >= 0.6 is 11.6 Å². The molecule has 2 aromatic rings. The first kappa shape index (κ1) is 18.6. The van der Waals surface area contributed by atoms with Crippen LogP contribution < -0.4 is 0 Å². The Morgan fingerprint density at radius 2 is 1.86 bits per heavy atom. The van der Waals surface area contributed by atoms with E-state index < -0.39 is 18.2 Å². The van der Waals surface area contributed by atoms with Gasteiger partial charge >= 0.3 is 0 Å². The molecular formula is C20H22ClN5O3. The molecule has 3 aliphatic heterocycles. The summed E-state index contributed by atoms with van der Waals surface area (Å²) in [5, 5.41) is 14.9. The summed E-state index contributed by atoms with van der Waals surface area (Å²) in [6.07, 6.45) is 3.48. The molecule has 0 unspecified atom stereocenters. The van der Waals surface area contributed by atoms with Gasteiger partial charge in [0.05, 0.1) is 23.0 Å². The quantitative estimate of drug-likeness (QED) is 0.790. The molecule has 0 bridgehead atoms. The number of nitrogens with zero attached hydrogens (tertiary/aromatic N) is 5. The Morgan fingerprint density at radius 3 is 2.69 bits per heavy atom. The van der Waals surface area contributed by atoms with Crippen molar-refractivity contribution in [2.45, 2.75) is 31.2 Å². The third-order valence-corrected chi connectivity index (χ3v) is 6.34. The van der Waals surface area contributed by atoms with Gasteiger partial charge in [0.2, 0.25) is 11.8 Å². The van der Waals surface area contributed by atoms with Gasteiger partial charge < -0.3 is 14.9 Å². The summed E-state index contributed by atoms with van der Waals surface area (Å²) in [6.45, 7) is 2.60. The van der Waals surface area contributed by atoms with Gasteiger partial charge in [0.15, 0.2) is 0 Å².